The van der Waals surface area contributed by atoms with Gasteiger partial charge in [-0.2, -0.15) is 8.78 Å². The van der Waals surface area contributed by atoms with Crippen molar-refractivity contribution in [1.82, 2.24) is 0 Å². The first-order chi connectivity index (χ1) is 6.46. The highest BCUT2D eigenvalue weighted by Gasteiger charge is 2.49. The summed E-state index contributed by atoms with van der Waals surface area (Å²) in [7, 11) is 0. The zero-order valence-electron chi connectivity index (χ0n) is 6.95. The predicted molar refractivity (Wildman–Crippen MR) is 42.9 cm³/mol. The van der Waals surface area contributed by atoms with E-state index in [1.165, 1.54) is 18.2 Å². The Kier molecular flexibility index (Phi) is 2.78. The third-order valence-corrected chi connectivity index (χ3v) is 1.70. The van der Waals surface area contributed by atoms with Crippen molar-refractivity contribution in [3.8, 4) is 0 Å². The van der Waals surface area contributed by atoms with Gasteiger partial charge in [0, 0.05) is 0 Å². The highest BCUT2D eigenvalue weighted by Crippen LogP contribution is 2.34. The number of carboxylic acids is 1. The summed E-state index contributed by atoms with van der Waals surface area (Å²) in [6.07, 6.45) is -2.82. The third kappa shape index (κ3) is 1.86. The molecule has 0 saturated carbocycles. The molecule has 0 aliphatic heterocycles. The number of hydrogen-bond acceptors (Lipinski definition) is 1. The molecule has 1 rings (SSSR count). The van der Waals surface area contributed by atoms with Crippen molar-refractivity contribution in [3.63, 3.8) is 0 Å². The molecular formula is C9H7F3O2. The molecule has 0 aliphatic carbocycles. The Hall–Kier alpha value is -1.52. The van der Waals surface area contributed by atoms with E-state index in [0.717, 1.165) is 12.1 Å². The number of carbonyl (C=O) groups is 1. The summed E-state index contributed by atoms with van der Waals surface area (Å²) in [6, 6.07) is 6.47. The molecule has 0 aliphatic rings. The van der Waals surface area contributed by atoms with Crippen LogP contribution >= 0.6 is 0 Å². The van der Waals surface area contributed by atoms with Gasteiger partial charge in [0.25, 0.3) is 0 Å². The van der Waals surface area contributed by atoms with E-state index in [-0.39, 0.29) is 5.56 Å². The van der Waals surface area contributed by atoms with E-state index in [1.807, 2.05) is 0 Å². The van der Waals surface area contributed by atoms with E-state index >= 15 is 0 Å². The van der Waals surface area contributed by atoms with Crippen LogP contribution in [0.4, 0.5) is 13.2 Å². The van der Waals surface area contributed by atoms with E-state index in [2.05, 4.69) is 0 Å². The Balaban J connectivity index is 2.96. The highest BCUT2D eigenvalue weighted by atomic mass is 19.3. The van der Waals surface area contributed by atoms with Crippen LogP contribution in [0.25, 0.3) is 0 Å². The topological polar surface area (TPSA) is 37.3 Å². The second-order valence-electron chi connectivity index (χ2n) is 2.70. The maximum absolute atomic E-state index is 13.0. The fraction of sp³-hybridized carbons (Fsp3) is 0.222. The first-order valence-electron chi connectivity index (χ1n) is 3.76. The lowest BCUT2D eigenvalue weighted by Crippen LogP contribution is -2.33. The summed E-state index contributed by atoms with van der Waals surface area (Å²) in [5, 5.41) is 8.08. The normalized spacial score (nSPS) is 13.6. The van der Waals surface area contributed by atoms with Crippen molar-refractivity contribution in [2.75, 3.05) is 0 Å². The third-order valence-electron chi connectivity index (χ3n) is 1.70. The van der Waals surface area contributed by atoms with Gasteiger partial charge in [-0.05, 0) is 5.56 Å². The van der Waals surface area contributed by atoms with Gasteiger partial charge in [-0.3, -0.25) is 0 Å². The molecule has 5 heteroatoms. The van der Waals surface area contributed by atoms with Crippen LogP contribution in [0.5, 0.6) is 0 Å². The van der Waals surface area contributed by atoms with Crippen LogP contribution in [0.15, 0.2) is 30.3 Å². The maximum atomic E-state index is 13.0. The van der Waals surface area contributed by atoms with Crippen LogP contribution in [-0.2, 0) is 4.79 Å². The molecule has 1 atom stereocenters. The Morgan fingerprint density at radius 2 is 1.79 bits per heavy atom. The lowest BCUT2D eigenvalue weighted by atomic mass is 10.1. The first-order valence-corrected chi connectivity index (χ1v) is 3.76. The number of hydrogen-bond donors (Lipinski definition) is 1. The molecule has 2 nitrogen and oxygen atoms in total. The van der Waals surface area contributed by atoms with Crippen LogP contribution in [-0.4, -0.2) is 17.0 Å². The fourth-order valence-corrected chi connectivity index (χ4v) is 0.940. The molecule has 0 bridgehead atoms. The predicted octanol–water partition coefficient (Wildman–Crippen LogP) is 2.42. The first kappa shape index (κ1) is 10.6. The van der Waals surface area contributed by atoms with Gasteiger partial charge < -0.3 is 5.11 Å². The Bertz CT molecular complexity index is 324. The number of aliphatic carboxylic acids is 1. The van der Waals surface area contributed by atoms with Gasteiger partial charge in [0.2, 0.25) is 0 Å². The second-order valence-corrected chi connectivity index (χ2v) is 2.70. The average molecular weight is 204 g/mol. The van der Waals surface area contributed by atoms with Crippen LogP contribution in [0.1, 0.15) is 11.7 Å². The van der Waals surface area contributed by atoms with Crippen LogP contribution in [0, 0.1) is 0 Å². The second kappa shape index (κ2) is 3.69. The number of alkyl halides is 3. The summed E-state index contributed by atoms with van der Waals surface area (Å²) >= 11 is 0. The van der Waals surface area contributed by atoms with E-state index in [1.54, 1.807) is 0 Å². The Morgan fingerprint density at radius 1 is 1.29 bits per heavy atom. The molecule has 0 radical (unpaired) electrons. The number of rotatable bonds is 3. The van der Waals surface area contributed by atoms with Gasteiger partial charge in [-0.15, -0.1) is 0 Å². The minimum absolute atomic E-state index is 0.347. The molecular weight excluding hydrogens is 197 g/mol. The van der Waals surface area contributed by atoms with E-state index in [0.29, 0.717) is 0 Å². The van der Waals surface area contributed by atoms with Gasteiger partial charge in [0.05, 0.1) is 0 Å². The molecule has 0 heterocycles. The zero-order valence-corrected chi connectivity index (χ0v) is 6.95. The van der Waals surface area contributed by atoms with E-state index in [4.69, 9.17) is 5.11 Å². The van der Waals surface area contributed by atoms with Gasteiger partial charge in [0.1, 0.15) is 0 Å². The molecule has 14 heavy (non-hydrogen) atoms. The SMILES string of the molecule is O=C(O)C(F)(F)C(F)c1ccccc1. The van der Waals surface area contributed by atoms with Crippen molar-refractivity contribution >= 4 is 5.97 Å². The molecule has 76 valence electrons. The standard InChI is InChI=1S/C9H7F3O2/c10-7(9(11,12)8(13)14)6-4-2-1-3-5-6/h1-5,7H,(H,13,14). The van der Waals surface area contributed by atoms with Gasteiger partial charge in [0.15, 0.2) is 6.17 Å². The summed E-state index contributed by atoms with van der Waals surface area (Å²) in [6.45, 7) is 0. The molecule has 0 fully saturated rings. The molecule has 0 aromatic heterocycles. The highest BCUT2D eigenvalue weighted by molar-refractivity contribution is 5.76. The smallest absolute Gasteiger partial charge is 0.378 e. The zero-order chi connectivity index (χ0) is 10.8. The number of benzene rings is 1. The van der Waals surface area contributed by atoms with E-state index in [9.17, 15) is 18.0 Å². The Labute approximate surface area is 78.0 Å². The van der Waals surface area contributed by atoms with Gasteiger partial charge >= 0.3 is 11.9 Å². The van der Waals surface area contributed by atoms with Gasteiger partial charge in [-0.1, -0.05) is 30.3 Å². The summed E-state index contributed by atoms with van der Waals surface area (Å²) in [5.74, 6) is -6.85. The van der Waals surface area contributed by atoms with Crippen molar-refractivity contribution in [2.24, 2.45) is 0 Å². The van der Waals surface area contributed by atoms with Crippen molar-refractivity contribution in [3.05, 3.63) is 35.9 Å². The summed E-state index contributed by atoms with van der Waals surface area (Å²) in [4.78, 5) is 10.0. The Morgan fingerprint density at radius 3 is 2.21 bits per heavy atom. The monoisotopic (exact) mass is 204 g/mol. The molecule has 0 spiro atoms. The van der Waals surface area contributed by atoms with E-state index < -0.39 is 18.1 Å². The molecule has 1 aromatic carbocycles. The van der Waals surface area contributed by atoms with Crippen LogP contribution in [0.2, 0.25) is 0 Å². The molecule has 1 N–H and O–H groups in total. The van der Waals surface area contributed by atoms with Crippen LogP contribution < -0.4 is 0 Å². The lowest BCUT2D eigenvalue weighted by Gasteiger charge is -2.15. The maximum Gasteiger partial charge on any atom is 0.378 e. The van der Waals surface area contributed by atoms with Crippen LogP contribution in [0.3, 0.4) is 0 Å². The summed E-state index contributed by atoms with van der Waals surface area (Å²) in [5.41, 5.74) is -0.347. The summed E-state index contributed by atoms with van der Waals surface area (Å²) < 4.78 is 38.3. The fourth-order valence-electron chi connectivity index (χ4n) is 0.940. The molecule has 0 amide bonds. The molecule has 1 unspecified atom stereocenters. The molecule has 0 saturated heterocycles. The average Bonchev–Trinajstić information content (AvgIpc) is 2.17. The minimum Gasteiger partial charge on any atom is -0.477 e. The minimum atomic E-state index is -4.39. The number of halogens is 3. The molecule has 1 aromatic rings. The largest absolute Gasteiger partial charge is 0.477 e. The number of carboxylic acid groups (broad SMARTS) is 1. The quantitative estimate of drug-likeness (QED) is 0.820. The van der Waals surface area contributed by atoms with Crippen molar-refractivity contribution in [1.29, 1.82) is 0 Å². The van der Waals surface area contributed by atoms with Crippen molar-refractivity contribution in [2.45, 2.75) is 12.1 Å². The van der Waals surface area contributed by atoms with Crippen molar-refractivity contribution < 1.29 is 23.1 Å². The lowest BCUT2D eigenvalue weighted by molar-refractivity contribution is -0.175. The van der Waals surface area contributed by atoms with Gasteiger partial charge in [-0.25, -0.2) is 9.18 Å².